The van der Waals surface area contributed by atoms with Crippen LogP contribution in [0.15, 0.2) is 16.7 Å². The van der Waals surface area contributed by atoms with Crippen molar-refractivity contribution in [2.24, 2.45) is 0 Å². The summed E-state index contributed by atoms with van der Waals surface area (Å²) in [6, 6.07) is 1.70. The van der Waals surface area contributed by atoms with Gasteiger partial charge in [0, 0.05) is 16.7 Å². The third kappa shape index (κ3) is 4.91. The lowest BCUT2D eigenvalue weighted by atomic mass is 10.2. The number of aromatic nitrogens is 1. The van der Waals surface area contributed by atoms with E-state index in [0.717, 1.165) is 17.3 Å². The largest absolute Gasteiger partial charge is 0.451 e. The Morgan fingerprint density at radius 3 is 2.83 bits per heavy atom. The molecule has 1 heterocycles. The molecule has 1 aromatic heterocycles. The van der Waals surface area contributed by atoms with Crippen molar-refractivity contribution >= 4 is 27.8 Å². The lowest BCUT2D eigenvalue weighted by molar-refractivity contribution is -0.124. The third-order valence-corrected chi connectivity index (χ3v) is 2.79. The molecular formula is C12H17BrN2O3. The van der Waals surface area contributed by atoms with E-state index < -0.39 is 5.97 Å². The van der Waals surface area contributed by atoms with Gasteiger partial charge in [-0.1, -0.05) is 13.3 Å². The fourth-order valence-electron chi connectivity index (χ4n) is 1.52. The minimum Gasteiger partial charge on any atom is -0.451 e. The van der Waals surface area contributed by atoms with Crippen LogP contribution in [0.3, 0.4) is 0 Å². The Kier molecular flexibility index (Phi) is 5.91. The molecule has 1 aromatic rings. The number of H-pyrrole nitrogens is 1. The molecule has 0 spiro atoms. The quantitative estimate of drug-likeness (QED) is 0.791. The van der Waals surface area contributed by atoms with E-state index in [0.29, 0.717) is 5.69 Å². The summed E-state index contributed by atoms with van der Waals surface area (Å²) in [7, 11) is 0. The molecule has 100 valence electrons. The molecule has 0 aliphatic rings. The molecule has 18 heavy (non-hydrogen) atoms. The number of ether oxygens (including phenoxy) is 1. The molecule has 0 saturated carbocycles. The first kappa shape index (κ1) is 14.8. The van der Waals surface area contributed by atoms with Crippen LogP contribution in [0.5, 0.6) is 0 Å². The average molecular weight is 317 g/mol. The van der Waals surface area contributed by atoms with E-state index in [1.54, 1.807) is 12.3 Å². The van der Waals surface area contributed by atoms with Crippen molar-refractivity contribution in [1.29, 1.82) is 0 Å². The minimum atomic E-state index is -0.543. The van der Waals surface area contributed by atoms with Crippen LogP contribution < -0.4 is 5.32 Å². The van der Waals surface area contributed by atoms with Gasteiger partial charge in [0.15, 0.2) is 6.61 Å². The lowest BCUT2D eigenvalue weighted by Gasteiger charge is -2.12. The second-order valence-corrected chi connectivity index (χ2v) is 4.98. The number of aromatic amines is 1. The predicted molar refractivity (Wildman–Crippen MR) is 71.3 cm³/mol. The normalized spacial score (nSPS) is 11.9. The standard InChI is InChI=1S/C12H17BrN2O3/c1-3-4-8(2)15-11(16)7-18-12(17)10-5-9(13)6-14-10/h5-6,8,14H,3-4,7H2,1-2H3,(H,15,16)/t8-/m1/s1. The monoisotopic (exact) mass is 316 g/mol. The van der Waals surface area contributed by atoms with Crippen LogP contribution >= 0.6 is 15.9 Å². The Labute approximate surface area is 114 Å². The number of carbonyl (C=O) groups is 2. The topological polar surface area (TPSA) is 71.2 Å². The molecule has 0 saturated heterocycles. The summed E-state index contributed by atoms with van der Waals surface area (Å²) in [5.74, 6) is -0.825. The summed E-state index contributed by atoms with van der Waals surface area (Å²) in [5.41, 5.74) is 0.316. The van der Waals surface area contributed by atoms with E-state index in [2.05, 4.69) is 26.2 Å². The van der Waals surface area contributed by atoms with Crippen LogP contribution in [0.4, 0.5) is 0 Å². The van der Waals surface area contributed by atoms with Crippen molar-refractivity contribution in [2.75, 3.05) is 6.61 Å². The second-order valence-electron chi connectivity index (χ2n) is 4.06. The first-order valence-electron chi connectivity index (χ1n) is 5.83. The zero-order valence-corrected chi connectivity index (χ0v) is 12.0. The van der Waals surface area contributed by atoms with Gasteiger partial charge >= 0.3 is 5.97 Å². The van der Waals surface area contributed by atoms with E-state index in [4.69, 9.17) is 4.74 Å². The molecule has 0 unspecified atom stereocenters. The molecule has 1 rings (SSSR count). The average Bonchev–Trinajstić information content (AvgIpc) is 2.73. The van der Waals surface area contributed by atoms with Crippen LogP contribution in [0, 0.1) is 0 Å². The Morgan fingerprint density at radius 1 is 1.56 bits per heavy atom. The maximum atomic E-state index is 11.5. The molecule has 0 bridgehead atoms. The van der Waals surface area contributed by atoms with Crippen molar-refractivity contribution in [3.63, 3.8) is 0 Å². The van der Waals surface area contributed by atoms with Crippen LogP contribution in [0.2, 0.25) is 0 Å². The van der Waals surface area contributed by atoms with E-state index in [9.17, 15) is 9.59 Å². The van der Waals surface area contributed by atoms with Gasteiger partial charge in [0.05, 0.1) is 0 Å². The van der Waals surface area contributed by atoms with Crippen molar-refractivity contribution in [1.82, 2.24) is 10.3 Å². The summed E-state index contributed by atoms with van der Waals surface area (Å²) < 4.78 is 5.64. The molecule has 6 heteroatoms. The second kappa shape index (κ2) is 7.20. The van der Waals surface area contributed by atoms with Gasteiger partial charge in [-0.05, 0) is 35.3 Å². The van der Waals surface area contributed by atoms with Crippen LogP contribution in [0.1, 0.15) is 37.2 Å². The van der Waals surface area contributed by atoms with Gasteiger partial charge in [0.1, 0.15) is 5.69 Å². The van der Waals surface area contributed by atoms with Gasteiger partial charge in [-0.25, -0.2) is 4.79 Å². The van der Waals surface area contributed by atoms with Crippen LogP contribution in [-0.2, 0) is 9.53 Å². The highest BCUT2D eigenvalue weighted by molar-refractivity contribution is 9.10. The van der Waals surface area contributed by atoms with Crippen molar-refractivity contribution in [2.45, 2.75) is 32.7 Å². The SMILES string of the molecule is CCC[C@@H](C)NC(=O)COC(=O)c1cc(Br)c[nH]1. The minimum absolute atomic E-state index is 0.0980. The lowest BCUT2D eigenvalue weighted by Crippen LogP contribution is -2.35. The Hall–Kier alpha value is -1.30. The smallest absolute Gasteiger partial charge is 0.355 e. The number of nitrogens with one attached hydrogen (secondary N) is 2. The van der Waals surface area contributed by atoms with Gasteiger partial charge in [0.25, 0.3) is 5.91 Å². The fraction of sp³-hybridized carbons (Fsp3) is 0.500. The fourth-order valence-corrected chi connectivity index (χ4v) is 1.86. The maximum absolute atomic E-state index is 11.5. The van der Waals surface area contributed by atoms with Gasteiger partial charge in [-0.3, -0.25) is 4.79 Å². The highest BCUT2D eigenvalue weighted by Gasteiger charge is 2.12. The summed E-state index contributed by atoms with van der Waals surface area (Å²) in [5, 5.41) is 2.76. The first-order chi connectivity index (χ1) is 8.52. The van der Waals surface area contributed by atoms with Crippen molar-refractivity contribution in [3.05, 3.63) is 22.4 Å². The molecule has 0 radical (unpaired) electrons. The third-order valence-electron chi connectivity index (χ3n) is 2.33. The predicted octanol–water partition coefficient (Wildman–Crippen LogP) is 2.24. The maximum Gasteiger partial charge on any atom is 0.355 e. The first-order valence-corrected chi connectivity index (χ1v) is 6.62. The number of amides is 1. The Morgan fingerprint density at radius 2 is 2.28 bits per heavy atom. The zero-order valence-electron chi connectivity index (χ0n) is 10.5. The number of hydrogen-bond donors (Lipinski definition) is 2. The molecule has 0 fully saturated rings. The van der Waals surface area contributed by atoms with Crippen molar-refractivity contribution < 1.29 is 14.3 Å². The number of carbonyl (C=O) groups excluding carboxylic acids is 2. The molecule has 0 aliphatic carbocycles. The van der Waals surface area contributed by atoms with Gasteiger partial charge in [-0.15, -0.1) is 0 Å². The molecule has 2 N–H and O–H groups in total. The molecule has 0 aromatic carbocycles. The van der Waals surface area contributed by atoms with Crippen molar-refractivity contribution in [3.8, 4) is 0 Å². The summed E-state index contributed by atoms with van der Waals surface area (Å²) in [6.07, 6.45) is 3.53. The molecule has 5 nitrogen and oxygen atoms in total. The summed E-state index contributed by atoms with van der Waals surface area (Å²) in [4.78, 5) is 25.7. The van der Waals surface area contributed by atoms with E-state index in [1.807, 2.05) is 13.8 Å². The number of hydrogen-bond acceptors (Lipinski definition) is 3. The van der Waals surface area contributed by atoms with Gasteiger partial charge < -0.3 is 15.0 Å². The molecule has 1 amide bonds. The zero-order chi connectivity index (χ0) is 13.5. The van der Waals surface area contributed by atoms with E-state index >= 15 is 0 Å². The number of esters is 1. The van der Waals surface area contributed by atoms with Crippen LogP contribution in [0.25, 0.3) is 0 Å². The molecule has 1 atom stereocenters. The molecular weight excluding hydrogens is 300 g/mol. The van der Waals surface area contributed by atoms with E-state index in [-0.39, 0.29) is 18.6 Å². The number of rotatable bonds is 6. The van der Waals surface area contributed by atoms with E-state index in [1.165, 1.54) is 0 Å². The number of halogens is 1. The summed E-state index contributed by atoms with van der Waals surface area (Å²) in [6.45, 7) is 3.71. The molecule has 0 aliphatic heterocycles. The van der Waals surface area contributed by atoms with Crippen LogP contribution in [-0.4, -0.2) is 29.5 Å². The van der Waals surface area contributed by atoms with Gasteiger partial charge in [-0.2, -0.15) is 0 Å². The highest BCUT2D eigenvalue weighted by Crippen LogP contribution is 2.11. The van der Waals surface area contributed by atoms with Gasteiger partial charge in [0.2, 0.25) is 0 Å². The Bertz CT molecular complexity index is 417. The Balaban J connectivity index is 2.32. The highest BCUT2D eigenvalue weighted by atomic mass is 79.9. The summed E-state index contributed by atoms with van der Waals surface area (Å²) >= 11 is 3.21.